The van der Waals surface area contributed by atoms with Gasteiger partial charge in [0.2, 0.25) is 0 Å². The average molecular weight is 152 g/mol. The molecule has 0 fully saturated rings. The summed E-state index contributed by atoms with van der Waals surface area (Å²) in [6.45, 7) is 0. The fourth-order valence-corrected chi connectivity index (χ4v) is 0. The highest BCUT2D eigenvalue weighted by Gasteiger charge is 1.58. The van der Waals surface area contributed by atoms with Crippen molar-refractivity contribution in [3.8, 4) is 0 Å². The van der Waals surface area contributed by atoms with E-state index in [1.807, 2.05) is 52.1 Å². The maximum atomic E-state index is 2.00. The molecule has 60 valence electrons. The predicted molar refractivity (Wildman–Crippen MR) is 49.6 cm³/mol. The summed E-state index contributed by atoms with van der Waals surface area (Å²) in [4.78, 5) is 4.00. The Morgan fingerprint density at radius 2 is 0.556 bits per heavy atom. The van der Waals surface area contributed by atoms with Gasteiger partial charge in [-0.25, -0.2) is 0 Å². The van der Waals surface area contributed by atoms with Crippen molar-refractivity contribution in [2.45, 2.75) is 0 Å². The smallest absolute Gasteiger partial charge is 0.0140 e. The first kappa shape index (κ1) is 16.1. The van der Waals surface area contributed by atoms with Gasteiger partial charge in [0.25, 0.3) is 0 Å². The van der Waals surface area contributed by atoms with Crippen LogP contribution in [0.5, 0.6) is 0 Å². The Bertz CT molecular complexity index is 26.5. The normalized spacial score (nSPS) is 8.00. The Hall–Kier alpha value is 0.270. The molecule has 0 radical (unpaired) electrons. The fourth-order valence-electron chi connectivity index (χ4n) is 0. The Morgan fingerprint density at radius 3 is 0.556 bits per heavy atom. The molecule has 0 aliphatic heterocycles. The third-order valence-corrected chi connectivity index (χ3v) is 0. The standard InChI is InChI=1S/2C3H9N.H2S/c2*1-4(2)3;/h2*1-3H3;1H2. The molecule has 0 unspecified atom stereocenters. The van der Waals surface area contributed by atoms with Crippen LogP contribution in [0.3, 0.4) is 0 Å². The molecule has 3 heteroatoms. The molecule has 0 aliphatic carbocycles. The van der Waals surface area contributed by atoms with Gasteiger partial charge in [0.15, 0.2) is 0 Å². The van der Waals surface area contributed by atoms with Gasteiger partial charge in [-0.3, -0.25) is 0 Å². The van der Waals surface area contributed by atoms with Crippen molar-refractivity contribution in [1.29, 1.82) is 0 Å². The van der Waals surface area contributed by atoms with Crippen molar-refractivity contribution in [2.24, 2.45) is 0 Å². The molecule has 0 spiro atoms. The SMILES string of the molecule is CN(C)C.CN(C)C.S. The molecule has 0 aromatic carbocycles. The van der Waals surface area contributed by atoms with E-state index in [1.54, 1.807) is 0 Å². The van der Waals surface area contributed by atoms with Crippen LogP contribution in [0, 0.1) is 0 Å². The zero-order valence-electron chi connectivity index (χ0n) is 7.39. The number of hydrogen-bond acceptors (Lipinski definition) is 2. The van der Waals surface area contributed by atoms with E-state index in [1.165, 1.54) is 0 Å². The van der Waals surface area contributed by atoms with Gasteiger partial charge in [-0.1, -0.05) is 0 Å². The van der Waals surface area contributed by atoms with Crippen molar-refractivity contribution >= 4 is 13.5 Å². The van der Waals surface area contributed by atoms with E-state index in [2.05, 4.69) is 0 Å². The lowest BCUT2D eigenvalue weighted by molar-refractivity contribution is 0.505. The van der Waals surface area contributed by atoms with Gasteiger partial charge in [0, 0.05) is 0 Å². The average Bonchev–Trinajstić information content (AvgIpc) is 1.25. The molecule has 9 heavy (non-hydrogen) atoms. The predicted octanol–water partition coefficient (Wildman–Crippen LogP) is 0.468. The van der Waals surface area contributed by atoms with Crippen LogP contribution in [0.4, 0.5) is 0 Å². The summed E-state index contributed by atoms with van der Waals surface area (Å²) in [5, 5.41) is 0. The van der Waals surface area contributed by atoms with Crippen LogP contribution >= 0.6 is 13.5 Å². The van der Waals surface area contributed by atoms with Gasteiger partial charge >= 0.3 is 0 Å². The van der Waals surface area contributed by atoms with E-state index >= 15 is 0 Å². The highest BCUT2D eigenvalue weighted by atomic mass is 32.1. The third kappa shape index (κ3) is 4460. The third-order valence-electron chi connectivity index (χ3n) is 0. The first-order valence-electron chi connectivity index (χ1n) is 2.68. The zero-order chi connectivity index (χ0) is 7.15. The minimum atomic E-state index is 0. The van der Waals surface area contributed by atoms with Crippen molar-refractivity contribution in [3.05, 3.63) is 0 Å². The molecule has 0 aromatic heterocycles. The summed E-state index contributed by atoms with van der Waals surface area (Å²) in [6.07, 6.45) is 0. The molecule has 2 nitrogen and oxygen atoms in total. The van der Waals surface area contributed by atoms with Crippen molar-refractivity contribution in [2.75, 3.05) is 42.3 Å². The van der Waals surface area contributed by atoms with E-state index in [4.69, 9.17) is 0 Å². The topological polar surface area (TPSA) is 6.48 Å². The van der Waals surface area contributed by atoms with E-state index in [0.29, 0.717) is 0 Å². The highest BCUT2D eigenvalue weighted by Crippen LogP contribution is 1.48. The largest absolute Gasteiger partial charge is 0.312 e. The quantitative estimate of drug-likeness (QED) is 0.498. The maximum absolute atomic E-state index is 2.00. The van der Waals surface area contributed by atoms with Gasteiger partial charge in [-0.15, -0.1) is 0 Å². The van der Waals surface area contributed by atoms with Gasteiger partial charge in [-0.05, 0) is 42.3 Å². The summed E-state index contributed by atoms with van der Waals surface area (Å²) < 4.78 is 0. The first-order chi connectivity index (χ1) is 3.46. The molecule has 0 rings (SSSR count). The maximum Gasteiger partial charge on any atom is -0.0140 e. The molecule has 0 aromatic rings. The van der Waals surface area contributed by atoms with Crippen LogP contribution in [-0.2, 0) is 0 Å². The molecular weight excluding hydrogens is 132 g/mol. The molecule has 0 heterocycles. The summed E-state index contributed by atoms with van der Waals surface area (Å²) in [6, 6.07) is 0. The second-order valence-corrected chi connectivity index (χ2v) is 2.68. The zero-order valence-corrected chi connectivity index (χ0v) is 8.39. The number of hydrogen-bond donors (Lipinski definition) is 0. The van der Waals surface area contributed by atoms with E-state index in [0.717, 1.165) is 0 Å². The first-order valence-corrected chi connectivity index (χ1v) is 2.68. The van der Waals surface area contributed by atoms with Crippen LogP contribution in [-0.4, -0.2) is 52.1 Å². The Balaban J connectivity index is -0.0000000720. The van der Waals surface area contributed by atoms with E-state index in [9.17, 15) is 0 Å². The number of rotatable bonds is 0. The second-order valence-electron chi connectivity index (χ2n) is 2.68. The van der Waals surface area contributed by atoms with Crippen molar-refractivity contribution in [3.63, 3.8) is 0 Å². The van der Waals surface area contributed by atoms with Gasteiger partial charge in [0.1, 0.15) is 0 Å². The van der Waals surface area contributed by atoms with Crippen molar-refractivity contribution < 1.29 is 0 Å². The highest BCUT2D eigenvalue weighted by molar-refractivity contribution is 7.59. The minimum Gasteiger partial charge on any atom is -0.312 e. The monoisotopic (exact) mass is 152 g/mol. The van der Waals surface area contributed by atoms with Gasteiger partial charge in [0.05, 0.1) is 0 Å². The summed E-state index contributed by atoms with van der Waals surface area (Å²) in [7, 11) is 12.0. The van der Waals surface area contributed by atoms with E-state index in [-0.39, 0.29) is 13.5 Å². The van der Waals surface area contributed by atoms with Crippen molar-refractivity contribution in [1.82, 2.24) is 9.80 Å². The lowest BCUT2D eigenvalue weighted by Gasteiger charge is -1.90. The van der Waals surface area contributed by atoms with Gasteiger partial charge in [-0.2, -0.15) is 13.5 Å². The molecule has 0 saturated carbocycles. The molecule has 0 atom stereocenters. The van der Waals surface area contributed by atoms with Crippen LogP contribution in [0.15, 0.2) is 0 Å². The fraction of sp³-hybridized carbons (Fsp3) is 1.00. The molecule has 0 bridgehead atoms. The van der Waals surface area contributed by atoms with E-state index < -0.39 is 0 Å². The Labute approximate surface area is 66.3 Å². The Morgan fingerprint density at radius 1 is 0.556 bits per heavy atom. The summed E-state index contributed by atoms with van der Waals surface area (Å²) in [5.41, 5.74) is 0. The number of nitrogens with zero attached hydrogens (tertiary/aromatic N) is 2. The molecule has 0 aliphatic rings. The van der Waals surface area contributed by atoms with Crippen LogP contribution in [0.25, 0.3) is 0 Å². The molecule has 0 saturated heterocycles. The Kier molecular flexibility index (Phi) is 19.9. The van der Waals surface area contributed by atoms with Crippen LogP contribution in [0.1, 0.15) is 0 Å². The minimum absolute atomic E-state index is 0. The molecule has 0 amide bonds. The van der Waals surface area contributed by atoms with Gasteiger partial charge < -0.3 is 9.80 Å². The summed E-state index contributed by atoms with van der Waals surface area (Å²) in [5.74, 6) is 0. The van der Waals surface area contributed by atoms with Crippen LogP contribution < -0.4 is 0 Å². The second kappa shape index (κ2) is 11.1. The lowest BCUT2D eigenvalue weighted by Crippen LogP contribution is -1.99. The summed E-state index contributed by atoms with van der Waals surface area (Å²) >= 11 is 0. The lowest BCUT2D eigenvalue weighted by atomic mass is 11.0. The van der Waals surface area contributed by atoms with Crippen LogP contribution in [0.2, 0.25) is 0 Å². The molecular formula is C6H20N2S. The molecule has 0 N–H and O–H groups in total.